The number of hydrogen-bond donors (Lipinski definition) is 3. The van der Waals surface area contributed by atoms with Crippen molar-refractivity contribution in [3.8, 4) is 0 Å². The third kappa shape index (κ3) is 4.32. The minimum atomic E-state index is -0.776. The molecular weight excluding hydrogens is 352 g/mol. The number of nitrogens with zero attached hydrogens (tertiary/aromatic N) is 1. The number of benzene rings is 1. The lowest BCUT2D eigenvalue weighted by atomic mass is 10.1. The van der Waals surface area contributed by atoms with Gasteiger partial charge in [-0.1, -0.05) is 12.1 Å². The fraction of sp³-hybridized carbons (Fsp3) is 0.222. The number of hydrogen-bond acceptors (Lipinski definition) is 5. The summed E-state index contributed by atoms with van der Waals surface area (Å²) in [5.74, 6) is -1.12. The van der Waals surface area contributed by atoms with E-state index < -0.39 is 23.9 Å². The Labute approximate surface area is 154 Å². The van der Waals surface area contributed by atoms with Gasteiger partial charge in [0.1, 0.15) is 12.3 Å². The molecule has 9 nitrogen and oxygen atoms in total. The number of amides is 5. The Morgan fingerprint density at radius 1 is 1.30 bits per heavy atom. The van der Waals surface area contributed by atoms with Gasteiger partial charge >= 0.3 is 6.03 Å². The van der Waals surface area contributed by atoms with Crippen molar-refractivity contribution in [2.45, 2.75) is 19.5 Å². The second kappa shape index (κ2) is 7.73. The van der Waals surface area contributed by atoms with Crippen molar-refractivity contribution in [2.75, 3.05) is 11.9 Å². The predicted molar refractivity (Wildman–Crippen MR) is 94.7 cm³/mol. The van der Waals surface area contributed by atoms with Crippen molar-refractivity contribution < 1.29 is 23.6 Å². The lowest BCUT2D eigenvalue weighted by Gasteiger charge is -2.15. The number of carbonyl (C=O) groups is 4. The summed E-state index contributed by atoms with van der Waals surface area (Å²) in [5, 5.41) is 7.72. The number of carbonyl (C=O) groups excluding carboxylic acids is 4. The molecule has 1 aromatic carbocycles. The van der Waals surface area contributed by atoms with Crippen LogP contribution < -0.4 is 16.0 Å². The fourth-order valence-corrected chi connectivity index (χ4v) is 2.54. The summed E-state index contributed by atoms with van der Waals surface area (Å²) < 4.78 is 4.84. The van der Waals surface area contributed by atoms with Gasteiger partial charge in [-0.15, -0.1) is 0 Å². The van der Waals surface area contributed by atoms with Crippen LogP contribution in [0.2, 0.25) is 0 Å². The van der Waals surface area contributed by atoms with Crippen LogP contribution in [0.3, 0.4) is 0 Å². The first-order valence-corrected chi connectivity index (χ1v) is 8.25. The number of furan rings is 1. The summed E-state index contributed by atoms with van der Waals surface area (Å²) in [4.78, 5) is 48.6. The second-order valence-corrected chi connectivity index (χ2v) is 6.04. The summed E-state index contributed by atoms with van der Waals surface area (Å²) in [5.41, 5.74) is 1.51. The quantitative estimate of drug-likeness (QED) is 0.657. The van der Waals surface area contributed by atoms with Crippen LogP contribution in [0.25, 0.3) is 0 Å². The standard InChI is InChI=1S/C18H18N4O5/c1-11(20-17(25)13-5-6-27-10-13)16(24)21-14-4-2-3-12(7-14)9-22-15(23)8-19-18(22)26/h2-7,10-11H,8-9H2,1H3,(H,19,26)(H,20,25)(H,21,24). The Morgan fingerprint density at radius 2 is 2.11 bits per heavy atom. The summed E-state index contributed by atoms with van der Waals surface area (Å²) in [6.07, 6.45) is 2.66. The van der Waals surface area contributed by atoms with Gasteiger partial charge in [0.15, 0.2) is 0 Å². The molecule has 1 atom stereocenters. The highest BCUT2D eigenvalue weighted by Gasteiger charge is 2.28. The van der Waals surface area contributed by atoms with Crippen LogP contribution in [-0.2, 0) is 16.1 Å². The molecule has 1 unspecified atom stereocenters. The number of nitrogens with one attached hydrogen (secondary N) is 3. The third-order valence-electron chi connectivity index (χ3n) is 4.00. The zero-order valence-electron chi connectivity index (χ0n) is 14.5. The molecule has 1 aliphatic heterocycles. The van der Waals surface area contributed by atoms with Gasteiger partial charge in [0.2, 0.25) is 11.8 Å². The van der Waals surface area contributed by atoms with Crippen LogP contribution in [0, 0.1) is 0 Å². The molecule has 0 bridgehead atoms. The fourth-order valence-electron chi connectivity index (χ4n) is 2.54. The van der Waals surface area contributed by atoms with Gasteiger partial charge in [-0.3, -0.25) is 19.3 Å². The lowest BCUT2D eigenvalue weighted by molar-refractivity contribution is -0.125. The average Bonchev–Trinajstić information content (AvgIpc) is 3.28. The SMILES string of the molecule is CC(NC(=O)c1ccoc1)C(=O)Nc1cccc(CN2C(=O)CNC2=O)c1. The van der Waals surface area contributed by atoms with E-state index in [1.165, 1.54) is 18.6 Å². The van der Waals surface area contributed by atoms with E-state index in [0.29, 0.717) is 16.8 Å². The number of rotatable bonds is 6. The molecule has 3 N–H and O–H groups in total. The molecule has 0 aliphatic carbocycles. The van der Waals surface area contributed by atoms with Crippen LogP contribution in [0.15, 0.2) is 47.3 Å². The first-order valence-electron chi connectivity index (χ1n) is 8.25. The summed E-state index contributed by atoms with van der Waals surface area (Å²) in [7, 11) is 0. The molecule has 1 fully saturated rings. The molecular formula is C18H18N4O5. The molecule has 3 rings (SSSR count). The topological polar surface area (TPSA) is 121 Å². The van der Waals surface area contributed by atoms with Crippen molar-refractivity contribution in [1.29, 1.82) is 0 Å². The van der Waals surface area contributed by atoms with Crippen molar-refractivity contribution in [1.82, 2.24) is 15.5 Å². The Morgan fingerprint density at radius 3 is 2.78 bits per heavy atom. The smallest absolute Gasteiger partial charge is 0.324 e. The summed E-state index contributed by atoms with van der Waals surface area (Å²) in [6, 6.07) is 7.09. The van der Waals surface area contributed by atoms with E-state index in [2.05, 4.69) is 16.0 Å². The van der Waals surface area contributed by atoms with Crippen molar-refractivity contribution in [2.24, 2.45) is 0 Å². The number of urea groups is 1. The van der Waals surface area contributed by atoms with E-state index >= 15 is 0 Å². The van der Waals surface area contributed by atoms with Crippen LogP contribution in [-0.4, -0.2) is 41.2 Å². The Hall–Kier alpha value is -3.62. The molecule has 5 amide bonds. The van der Waals surface area contributed by atoms with E-state index in [1.54, 1.807) is 31.2 Å². The van der Waals surface area contributed by atoms with Crippen LogP contribution in [0.4, 0.5) is 10.5 Å². The lowest BCUT2D eigenvalue weighted by Crippen LogP contribution is -2.41. The second-order valence-electron chi connectivity index (χ2n) is 6.04. The third-order valence-corrected chi connectivity index (χ3v) is 4.00. The molecule has 2 heterocycles. The first-order chi connectivity index (χ1) is 12.9. The maximum absolute atomic E-state index is 12.3. The molecule has 1 saturated heterocycles. The highest BCUT2D eigenvalue weighted by molar-refractivity contribution is 6.02. The molecule has 2 aromatic rings. The number of anilines is 1. The maximum Gasteiger partial charge on any atom is 0.324 e. The molecule has 27 heavy (non-hydrogen) atoms. The van der Waals surface area contributed by atoms with Gasteiger partial charge in [-0.25, -0.2) is 4.79 Å². The molecule has 0 spiro atoms. The van der Waals surface area contributed by atoms with Crippen molar-refractivity contribution in [3.63, 3.8) is 0 Å². The zero-order valence-corrected chi connectivity index (χ0v) is 14.5. The average molecular weight is 370 g/mol. The van der Waals surface area contributed by atoms with Gasteiger partial charge in [0, 0.05) is 5.69 Å². The number of imide groups is 1. The minimum absolute atomic E-state index is 0.0108. The van der Waals surface area contributed by atoms with Crippen molar-refractivity contribution in [3.05, 3.63) is 54.0 Å². The van der Waals surface area contributed by atoms with Gasteiger partial charge in [0.25, 0.3) is 5.91 Å². The Kier molecular flexibility index (Phi) is 5.20. The normalized spacial score (nSPS) is 14.6. The largest absolute Gasteiger partial charge is 0.472 e. The highest BCUT2D eigenvalue weighted by atomic mass is 16.3. The molecule has 9 heteroatoms. The summed E-state index contributed by atoms with van der Waals surface area (Å²) >= 11 is 0. The van der Waals surface area contributed by atoms with Crippen LogP contribution in [0.5, 0.6) is 0 Å². The van der Waals surface area contributed by atoms with E-state index in [0.717, 1.165) is 4.90 Å². The maximum atomic E-state index is 12.3. The predicted octanol–water partition coefficient (Wildman–Crippen LogP) is 1.09. The van der Waals surface area contributed by atoms with Gasteiger partial charge < -0.3 is 20.4 Å². The highest BCUT2D eigenvalue weighted by Crippen LogP contribution is 2.14. The molecule has 0 saturated carbocycles. The van der Waals surface area contributed by atoms with Crippen LogP contribution >= 0.6 is 0 Å². The molecule has 1 aromatic heterocycles. The Balaban J connectivity index is 1.60. The monoisotopic (exact) mass is 370 g/mol. The van der Waals surface area contributed by atoms with Gasteiger partial charge in [0.05, 0.1) is 24.9 Å². The van der Waals surface area contributed by atoms with Gasteiger partial charge in [-0.2, -0.15) is 0 Å². The molecule has 0 radical (unpaired) electrons. The van der Waals surface area contributed by atoms with Crippen molar-refractivity contribution >= 4 is 29.4 Å². The van der Waals surface area contributed by atoms with E-state index in [1.807, 2.05) is 0 Å². The van der Waals surface area contributed by atoms with Gasteiger partial charge in [-0.05, 0) is 30.7 Å². The zero-order chi connectivity index (χ0) is 19.4. The summed E-state index contributed by atoms with van der Waals surface area (Å²) in [6.45, 7) is 1.66. The van der Waals surface area contributed by atoms with E-state index in [9.17, 15) is 19.2 Å². The first kappa shape index (κ1) is 18.2. The van der Waals surface area contributed by atoms with Crippen LogP contribution in [0.1, 0.15) is 22.8 Å². The Bertz CT molecular complexity index is 862. The molecule has 140 valence electrons. The van der Waals surface area contributed by atoms with E-state index in [4.69, 9.17) is 4.42 Å². The van der Waals surface area contributed by atoms with E-state index in [-0.39, 0.29) is 19.0 Å². The minimum Gasteiger partial charge on any atom is -0.472 e. The molecule has 1 aliphatic rings.